The first-order chi connectivity index (χ1) is 13.8. The van der Waals surface area contributed by atoms with Crippen LogP contribution in [0, 0.1) is 0 Å². The van der Waals surface area contributed by atoms with Crippen LogP contribution in [-0.2, 0) is 19.6 Å². The molecule has 2 rings (SSSR count). The van der Waals surface area contributed by atoms with Crippen LogP contribution < -0.4 is 15.2 Å². The third-order valence-electron chi connectivity index (χ3n) is 3.91. The molecule has 1 atom stereocenters. The van der Waals surface area contributed by atoms with E-state index in [1.54, 1.807) is 31.2 Å². The minimum Gasteiger partial charge on any atom is -0.468 e. The second-order valence-electron chi connectivity index (χ2n) is 6.25. The lowest BCUT2D eigenvalue weighted by atomic mass is 10.2. The summed E-state index contributed by atoms with van der Waals surface area (Å²) < 4.78 is 38.1. The summed E-state index contributed by atoms with van der Waals surface area (Å²) in [7, 11) is -2.71. The van der Waals surface area contributed by atoms with Gasteiger partial charge in [0.1, 0.15) is 17.5 Å². The maximum atomic E-state index is 12.7. The number of aliphatic imine (C=N–C) groups is 1. The molecule has 0 unspecified atom stereocenters. The molecule has 0 bridgehead atoms. The number of rotatable bonds is 10. The van der Waals surface area contributed by atoms with E-state index < -0.39 is 22.0 Å². The molecule has 0 heterocycles. The van der Waals surface area contributed by atoms with Gasteiger partial charge in [-0.15, -0.1) is 0 Å². The molecule has 0 radical (unpaired) electrons. The molecule has 0 saturated carbocycles. The summed E-state index contributed by atoms with van der Waals surface area (Å²) >= 11 is 0. The standard InChI is InChI=1S/C20H25N3O5S/c1-15(21)22-14-6-9-19(20(24)27-2)23-29(25,26)18-12-10-17(11-13-18)28-16-7-4-3-5-8-16/h3-5,7-8,10-13,19,23H,6,9,14H2,1-2H3,(H2,21,22)/t19-/m1/s1. The Hall–Kier alpha value is -2.91. The number of nitrogens with zero attached hydrogens (tertiary/aromatic N) is 1. The van der Waals surface area contributed by atoms with E-state index in [4.69, 9.17) is 15.2 Å². The number of ether oxygens (including phenoxy) is 2. The van der Waals surface area contributed by atoms with Crippen molar-refractivity contribution in [1.29, 1.82) is 0 Å². The fourth-order valence-corrected chi connectivity index (χ4v) is 3.70. The molecule has 0 aliphatic carbocycles. The number of para-hydroxylation sites is 1. The summed E-state index contributed by atoms with van der Waals surface area (Å²) in [5.41, 5.74) is 5.47. The molecule has 0 fully saturated rings. The van der Waals surface area contributed by atoms with Crippen LogP contribution in [-0.4, -0.2) is 39.9 Å². The number of carbonyl (C=O) groups is 1. The van der Waals surface area contributed by atoms with Gasteiger partial charge in [-0.05, 0) is 56.2 Å². The Labute approximate surface area is 170 Å². The van der Waals surface area contributed by atoms with Gasteiger partial charge in [0, 0.05) is 6.54 Å². The monoisotopic (exact) mass is 419 g/mol. The number of methoxy groups -OCH3 is 1. The van der Waals surface area contributed by atoms with Crippen LogP contribution in [0.25, 0.3) is 0 Å². The smallest absolute Gasteiger partial charge is 0.323 e. The number of nitrogens with one attached hydrogen (secondary N) is 1. The van der Waals surface area contributed by atoms with E-state index >= 15 is 0 Å². The van der Waals surface area contributed by atoms with E-state index in [0.717, 1.165) is 0 Å². The predicted octanol–water partition coefficient (Wildman–Crippen LogP) is 2.46. The van der Waals surface area contributed by atoms with Crippen molar-refractivity contribution in [1.82, 2.24) is 4.72 Å². The molecule has 2 aromatic rings. The Kier molecular flexibility index (Phi) is 8.17. The highest BCUT2D eigenvalue weighted by Gasteiger charge is 2.26. The van der Waals surface area contributed by atoms with Crippen molar-refractivity contribution in [3.63, 3.8) is 0 Å². The van der Waals surface area contributed by atoms with Crippen molar-refractivity contribution in [2.75, 3.05) is 13.7 Å². The molecule has 0 aliphatic heterocycles. The summed E-state index contributed by atoms with van der Waals surface area (Å²) in [6.45, 7) is 2.05. The summed E-state index contributed by atoms with van der Waals surface area (Å²) in [5.74, 6) is 0.904. The zero-order valence-electron chi connectivity index (χ0n) is 16.4. The minimum absolute atomic E-state index is 0.0163. The third kappa shape index (κ3) is 7.20. The molecular weight excluding hydrogens is 394 g/mol. The summed E-state index contributed by atoms with van der Waals surface area (Å²) in [6.07, 6.45) is 0.707. The molecule has 9 heteroatoms. The van der Waals surface area contributed by atoms with Crippen LogP contribution in [0.15, 0.2) is 64.5 Å². The Morgan fingerprint density at radius 2 is 1.72 bits per heavy atom. The fraction of sp³-hybridized carbons (Fsp3) is 0.300. The Bertz CT molecular complexity index is 924. The quantitative estimate of drug-likeness (QED) is 0.264. The molecule has 0 saturated heterocycles. The van der Waals surface area contributed by atoms with Crippen molar-refractivity contribution < 1.29 is 22.7 Å². The molecule has 8 nitrogen and oxygen atoms in total. The van der Waals surface area contributed by atoms with Gasteiger partial charge < -0.3 is 15.2 Å². The summed E-state index contributed by atoms with van der Waals surface area (Å²) in [5, 5.41) is 0. The maximum Gasteiger partial charge on any atom is 0.323 e. The predicted molar refractivity (Wildman–Crippen MR) is 110 cm³/mol. The van der Waals surface area contributed by atoms with Crippen molar-refractivity contribution in [2.24, 2.45) is 10.7 Å². The lowest BCUT2D eigenvalue weighted by Gasteiger charge is -2.16. The first-order valence-electron chi connectivity index (χ1n) is 9.01. The number of benzene rings is 2. The Balaban J connectivity index is 2.06. The second kappa shape index (κ2) is 10.6. The highest BCUT2D eigenvalue weighted by molar-refractivity contribution is 7.89. The first-order valence-corrected chi connectivity index (χ1v) is 10.5. The summed E-state index contributed by atoms with van der Waals surface area (Å²) in [4.78, 5) is 16.0. The molecule has 2 aromatic carbocycles. The number of hydrogen-bond acceptors (Lipinski definition) is 6. The largest absolute Gasteiger partial charge is 0.468 e. The van der Waals surface area contributed by atoms with Crippen molar-refractivity contribution in [2.45, 2.75) is 30.7 Å². The van der Waals surface area contributed by atoms with Crippen LogP contribution in [0.1, 0.15) is 19.8 Å². The number of nitrogens with two attached hydrogens (primary N) is 1. The number of sulfonamides is 1. The number of carbonyl (C=O) groups excluding carboxylic acids is 1. The number of hydrogen-bond donors (Lipinski definition) is 2. The van der Waals surface area contributed by atoms with Crippen LogP contribution in [0.2, 0.25) is 0 Å². The molecule has 156 valence electrons. The van der Waals surface area contributed by atoms with Gasteiger partial charge in [-0.2, -0.15) is 4.72 Å². The van der Waals surface area contributed by atoms with Crippen molar-refractivity contribution in [3.8, 4) is 11.5 Å². The van der Waals surface area contributed by atoms with Gasteiger partial charge in [-0.25, -0.2) is 8.42 Å². The van der Waals surface area contributed by atoms with Gasteiger partial charge in [-0.3, -0.25) is 9.79 Å². The SMILES string of the molecule is COC(=O)[C@@H](CCCN=C(C)N)NS(=O)(=O)c1ccc(Oc2ccccc2)cc1. The van der Waals surface area contributed by atoms with Gasteiger partial charge in [0.2, 0.25) is 10.0 Å². The average Bonchev–Trinajstić information content (AvgIpc) is 2.70. The minimum atomic E-state index is -3.92. The van der Waals surface area contributed by atoms with E-state index in [0.29, 0.717) is 30.3 Å². The Morgan fingerprint density at radius 3 is 2.31 bits per heavy atom. The molecule has 3 N–H and O–H groups in total. The van der Waals surface area contributed by atoms with Gasteiger partial charge in [0.25, 0.3) is 0 Å². The number of amidine groups is 1. The lowest BCUT2D eigenvalue weighted by molar-refractivity contribution is -0.142. The normalized spacial score (nSPS) is 13.0. The van der Waals surface area contributed by atoms with Crippen molar-refractivity contribution in [3.05, 3.63) is 54.6 Å². The van der Waals surface area contributed by atoms with Gasteiger partial charge in [-0.1, -0.05) is 18.2 Å². The molecule has 0 aromatic heterocycles. The van der Waals surface area contributed by atoms with E-state index in [9.17, 15) is 13.2 Å². The number of esters is 1. The molecular formula is C20H25N3O5S. The zero-order chi connectivity index (χ0) is 21.3. The molecule has 0 aliphatic rings. The van der Waals surface area contributed by atoms with Gasteiger partial charge >= 0.3 is 5.97 Å². The van der Waals surface area contributed by atoms with Gasteiger partial charge in [0.05, 0.1) is 17.8 Å². The first kappa shape index (κ1) is 22.4. The molecule has 0 spiro atoms. The van der Waals surface area contributed by atoms with Crippen LogP contribution in [0.3, 0.4) is 0 Å². The van der Waals surface area contributed by atoms with Crippen LogP contribution in [0.4, 0.5) is 0 Å². The second-order valence-corrected chi connectivity index (χ2v) is 7.96. The highest BCUT2D eigenvalue weighted by Crippen LogP contribution is 2.22. The molecule has 0 amide bonds. The van der Waals surface area contributed by atoms with E-state index in [-0.39, 0.29) is 11.3 Å². The van der Waals surface area contributed by atoms with Gasteiger partial charge in [0.15, 0.2) is 0 Å². The van der Waals surface area contributed by atoms with Crippen LogP contribution in [0.5, 0.6) is 11.5 Å². The van der Waals surface area contributed by atoms with E-state index in [1.807, 2.05) is 18.2 Å². The zero-order valence-corrected chi connectivity index (χ0v) is 17.2. The fourth-order valence-electron chi connectivity index (χ4n) is 2.48. The average molecular weight is 420 g/mol. The lowest BCUT2D eigenvalue weighted by Crippen LogP contribution is -2.41. The topological polar surface area (TPSA) is 120 Å². The molecule has 29 heavy (non-hydrogen) atoms. The highest BCUT2D eigenvalue weighted by atomic mass is 32.2. The summed E-state index contributed by atoms with van der Waals surface area (Å²) in [6, 6.07) is 14.0. The Morgan fingerprint density at radius 1 is 1.10 bits per heavy atom. The van der Waals surface area contributed by atoms with Crippen LogP contribution >= 0.6 is 0 Å². The maximum absolute atomic E-state index is 12.7. The van der Waals surface area contributed by atoms with E-state index in [2.05, 4.69) is 9.71 Å². The van der Waals surface area contributed by atoms with Crippen molar-refractivity contribution >= 4 is 21.8 Å². The van der Waals surface area contributed by atoms with E-state index in [1.165, 1.54) is 19.2 Å². The third-order valence-corrected chi connectivity index (χ3v) is 5.40.